The Morgan fingerprint density at radius 3 is 1.71 bits per heavy atom. The van der Waals surface area contributed by atoms with Gasteiger partial charge >= 0.3 is 23.9 Å². The Morgan fingerprint density at radius 1 is 0.743 bits per heavy atom. The first kappa shape index (κ1) is 23.7. The first-order valence-corrected chi connectivity index (χ1v) is 10.9. The zero-order chi connectivity index (χ0) is 24.8. The minimum absolute atomic E-state index is 0.202. The van der Waals surface area contributed by atoms with Crippen molar-refractivity contribution in [1.82, 2.24) is 0 Å². The molecule has 3 atom stereocenters. The van der Waals surface area contributed by atoms with Crippen LogP contribution in [-0.2, 0) is 23.7 Å². The van der Waals surface area contributed by atoms with Gasteiger partial charge in [-0.15, -0.1) is 0 Å². The molecule has 0 saturated carbocycles. The van der Waals surface area contributed by atoms with Gasteiger partial charge in [-0.05, 0) is 43.3 Å². The third kappa shape index (κ3) is 5.22. The van der Waals surface area contributed by atoms with Crippen molar-refractivity contribution in [3.8, 4) is 0 Å². The van der Waals surface area contributed by atoms with Crippen LogP contribution in [0.5, 0.6) is 0 Å². The highest BCUT2D eigenvalue weighted by molar-refractivity contribution is 5.95. The summed E-state index contributed by atoms with van der Waals surface area (Å²) in [5.74, 6) is -3.12. The van der Waals surface area contributed by atoms with Gasteiger partial charge < -0.3 is 18.9 Å². The molecule has 0 amide bonds. The van der Waals surface area contributed by atoms with Crippen molar-refractivity contribution in [1.29, 1.82) is 0 Å². The summed E-state index contributed by atoms with van der Waals surface area (Å²) in [6.45, 7) is 0.892. The minimum Gasteiger partial charge on any atom is -0.458 e. The van der Waals surface area contributed by atoms with E-state index in [0.29, 0.717) is 5.56 Å². The maximum Gasteiger partial charge on any atom is 0.355 e. The van der Waals surface area contributed by atoms with Gasteiger partial charge in [0.15, 0.2) is 12.2 Å². The first-order chi connectivity index (χ1) is 16.9. The molecule has 3 aromatic rings. The van der Waals surface area contributed by atoms with Crippen molar-refractivity contribution in [2.45, 2.75) is 24.7 Å². The van der Waals surface area contributed by atoms with Gasteiger partial charge in [-0.25, -0.2) is 19.2 Å². The van der Waals surface area contributed by atoms with E-state index >= 15 is 0 Å². The molecule has 0 N–H and O–H groups in total. The third-order valence-corrected chi connectivity index (χ3v) is 5.49. The van der Waals surface area contributed by atoms with Gasteiger partial charge in [-0.1, -0.05) is 54.6 Å². The lowest BCUT2D eigenvalue weighted by molar-refractivity contribution is -0.156. The summed E-state index contributed by atoms with van der Waals surface area (Å²) in [6.07, 6.45) is -2.57. The molecule has 0 spiro atoms. The number of carbonyl (C=O) groups is 4. The second-order valence-electron chi connectivity index (χ2n) is 7.96. The molecule has 1 heterocycles. The Bertz CT molecular complexity index is 1210. The lowest BCUT2D eigenvalue weighted by Crippen LogP contribution is -2.50. The lowest BCUT2D eigenvalue weighted by Gasteiger charge is -2.28. The fourth-order valence-electron chi connectivity index (χ4n) is 3.60. The van der Waals surface area contributed by atoms with Gasteiger partial charge in [0.1, 0.15) is 6.61 Å². The molecule has 1 saturated heterocycles. The maximum absolute atomic E-state index is 12.9. The van der Waals surface area contributed by atoms with Crippen LogP contribution in [-0.4, -0.2) is 48.3 Å². The summed E-state index contributed by atoms with van der Waals surface area (Å²) in [5.41, 5.74) is -1.24. The van der Waals surface area contributed by atoms with E-state index in [1.165, 1.54) is 31.2 Å². The SMILES string of the molecule is CC1(OC(=O)c2ccccc2)C(=O)OC(COC(=O)c2ccccc2)C1OC(=O)c1ccccc1. The molecule has 1 fully saturated rings. The number of benzene rings is 3. The smallest absolute Gasteiger partial charge is 0.355 e. The van der Waals surface area contributed by atoms with Crippen LogP contribution in [0.15, 0.2) is 91.0 Å². The minimum atomic E-state index is -1.97. The Kier molecular flexibility index (Phi) is 6.91. The number of rotatable bonds is 7. The predicted octanol–water partition coefficient (Wildman–Crippen LogP) is 3.61. The van der Waals surface area contributed by atoms with E-state index in [2.05, 4.69) is 0 Å². The normalized spacial score (nSPS) is 21.0. The largest absolute Gasteiger partial charge is 0.458 e. The molecule has 3 aromatic carbocycles. The molecule has 0 bridgehead atoms. The van der Waals surface area contributed by atoms with Crippen LogP contribution in [0.1, 0.15) is 38.0 Å². The quantitative estimate of drug-likeness (QED) is 0.378. The van der Waals surface area contributed by atoms with Crippen LogP contribution in [0.25, 0.3) is 0 Å². The Morgan fingerprint density at radius 2 is 1.20 bits per heavy atom. The number of hydrogen-bond acceptors (Lipinski definition) is 8. The third-order valence-electron chi connectivity index (χ3n) is 5.49. The van der Waals surface area contributed by atoms with E-state index in [9.17, 15) is 19.2 Å². The maximum atomic E-state index is 12.9. The second-order valence-corrected chi connectivity index (χ2v) is 7.96. The lowest BCUT2D eigenvalue weighted by atomic mass is 9.97. The highest BCUT2D eigenvalue weighted by Crippen LogP contribution is 2.34. The van der Waals surface area contributed by atoms with Crippen LogP contribution in [0.4, 0.5) is 0 Å². The van der Waals surface area contributed by atoms with E-state index in [1.54, 1.807) is 66.7 Å². The molecule has 0 radical (unpaired) electrons. The molecule has 178 valence electrons. The molecule has 1 aliphatic heterocycles. The van der Waals surface area contributed by atoms with Gasteiger partial charge in [0, 0.05) is 0 Å². The highest BCUT2D eigenvalue weighted by Gasteiger charge is 2.60. The molecule has 8 nitrogen and oxygen atoms in total. The average molecular weight is 474 g/mol. The molecule has 0 aromatic heterocycles. The van der Waals surface area contributed by atoms with Gasteiger partial charge in [-0.3, -0.25) is 0 Å². The summed E-state index contributed by atoms with van der Waals surface area (Å²) >= 11 is 0. The van der Waals surface area contributed by atoms with Crippen LogP contribution < -0.4 is 0 Å². The van der Waals surface area contributed by atoms with Crippen LogP contribution in [0.2, 0.25) is 0 Å². The number of carbonyl (C=O) groups excluding carboxylic acids is 4. The zero-order valence-electron chi connectivity index (χ0n) is 18.8. The molecule has 35 heavy (non-hydrogen) atoms. The Labute approximate surface area is 201 Å². The van der Waals surface area contributed by atoms with E-state index in [0.717, 1.165) is 0 Å². The fraction of sp³-hybridized carbons (Fsp3) is 0.185. The number of cyclic esters (lactones) is 1. The topological polar surface area (TPSA) is 105 Å². The molecule has 8 heteroatoms. The van der Waals surface area contributed by atoms with Crippen molar-refractivity contribution in [3.63, 3.8) is 0 Å². The second kappa shape index (κ2) is 10.2. The highest BCUT2D eigenvalue weighted by atomic mass is 16.7. The Hall–Kier alpha value is -4.46. The molecular formula is C27H22O8. The van der Waals surface area contributed by atoms with E-state index < -0.39 is 48.3 Å². The van der Waals surface area contributed by atoms with Crippen LogP contribution >= 0.6 is 0 Å². The van der Waals surface area contributed by atoms with E-state index in [4.69, 9.17) is 18.9 Å². The van der Waals surface area contributed by atoms with Crippen LogP contribution in [0, 0.1) is 0 Å². The predicted molar refractivity (Wildman–Crippen MR) is 123 cm³/mol. The van der Waals surface area contributed by atoms with Gasteiger partial charge in [0.2, 0.25) is 5.60 Å². The van der Waals surface area contributed by atoms with Gasteiger partial charge in [-0.2, -0.15) is 0 Å². The average Bonchev–Trinajstić information content (AvgIpc) is 3.12. The summed E-state index contributed by atoms with van der Waals surface area (Å²) in [4.78, 5) is 50.9. The molecule has 0 aliphatic carbocycles. The van der Waals surface area contributed by atoms with Crippen molar-refractivity contribution in [2.75, 3.05) is 6.61 Å². The summed E-state index contributed by atoms with van der Waals surface area (Å²) in [6, 6.07) is 24.4. The number of hydrogen-bond donors (Lipinski definition) is 0. The molecule has 3 unspecified atom stereocenters. The first-order valence-electron chi connectivity index (χ1n) is 10.9. The number of ether oxygens (including phenoxy) is 4. The van der Waals surface area contributed by atoms with Gasteiger partial charge in [0.05, 0.1) is 16.7 Å². The van der Waals surface area contributed by atoms with Crippen LogP contribution in [0.3, 0.4) is 0 Å². The zero-order valence-corrected chi connectivity index (χ0v) is 18.8. The summed E-state index contributed by atoms with van der Waals surface area (Å²) in [7, 11) is 0. The van der Waals surface area contributed by atoms with Crippen molar-refractivity contribution in [2.24, 2.45) is 0 Å². The molecule has 1 aliphatic rings. The van der Waals surface area contributed by atoms with E-state index in [1.807, 2.05) is 0 Å². The fourth-order valence-corrected chi connectivity index (χ4v) is 3.60. The number of esters is 4. The van der Waals surface area contributed by atoms with Crippen molar-refractivity contribution in [3.05, 3.63) is 108 Å². The molecular weight excluding hydrogens is 452 g/mol. The van der Waals surface area contributed by atoms with Crippen molar-refractivity contribution >= 4 is 23.9 Å². The van der Waals surface area contributed by atoms with Crippen molar-refractivity contribution < 1.29 is 38.1 Å². The molecule has 4 rings (SSSR count). The van der Waals surface area contributed by atoms with Gasteiger partial charge in [0.25, 0.3) is 0 Å². The Balaban J connectivity index is 1.57. The summed E-state index contributed by atoms with van der Waals surface area (Å²) < 4.78 is 21.8. The summed E-state index contributed by atoms with van der Waals surface area (Å²) in [5, 5.41) is 0. The standard InChI is InChI=1S/C27H22O8/c1-27(35-25(30)20-15-9-4-10-16-20)22(34-24(29)19-13-7-3-8-14-19)21(33-26(27)31)17-32-23(28)18-11-5-2-6-12-18/h2-16,21-22H,17H2,1H3. The van der Waals surface area contributed by atoms with E-state index in [-0.39, 0.29) is 11.1 Å². The monoisotopic (exact) mass is 474 g/mol.